The number of carbonyl (C=O) groups is 1. The van der Waals surface area contributed by atoms with Crippen LogP contribution in [0.25, 0.3) is 0 Å². The van der Waals surface area contributed by atoms with E-state index in [-0.39, 0.29) is 0 Å². The van der Waals surface area contributed by atoms with E-state index in [1.54, 1.807) is 24.3 Å². The summed E-state index contributed by atoms with van der Waals surface area (Å²) in [6.07, 6.45) is 1.06. The average Bonchev–Trinajstić information content (AvgIpc) is 2.07. The summed E-state index contributed by atoms with van der Waals surface area (Å²) in [5.41, 5.74) is 4.53. The van der Waals surface area contributed by atoms with Crippen molar-refractivity contribution in [2.45, 2.75) is 0 Å². The molecule has 0 atom stereocenters. The van der Waals surface area contributed by atoms with Crippen molar-refractivity contribution in [3.05, 3.63) is 43.0 Å². The Bertz CT molecular complexity index is 244. The lowest BCUT2D eigenvalue weighted by atomic mass is 10.3. The first kappa shape index (κ1) is 10.2. The number of primary amides is 1. The number of rotatable bonds is 1. The van der Waals surface area contributed by atoms with Gasteiger partial charge in [0.05, 0.1) is 0 Å². The third-order valence-corrected chi connectivity index (χ3v) is 0.957. The van der Waals surface area contributed by atoms with E-state index in [2.05, 4.69) is 12.3 Å². The number of phenolic OH excluding ortho intramolecular Hbond substituents is 1. The van der Waals surface area contributed by atoms with E-state index in [1.165, 1.54) is 0 Å². The maximum atomic E-state index is 9.47. The van der Waals surface area contributed by atoms with Crippen molar-refractivity contribution in [2.75, 3.05) is 0 Å². The monoisotopic (exact) mass is 165 g/mol. The van der Waals surface area contributed by atoms with E-state index in [1.807, 2.05) is 6.07 Å². The van der Waals surface area contributed by atoms with Crippen LogP contribution in [-0.4, -0.2) is 11.0 Å². The standard InChI is InChI=1S/C6H6O.C3H5NO/c7-6-4-2-1-3-5-6;1-2-3(4)5/h1-5,7H;2H,1H2,(H2,4,5). The fraction of sp³-hybridized carbons (Fsp3) is 0. The Kier molecular flexibility index (Phi) is 5.09. The van der Waals surface area contributed by atoms with Crippen molar-refractivity contribution < 1.29 is 9.90 Å². The molecule has 0 saturated heterocycles. The van der Waals surface area contributed by atoms with Crippen LogP contribution in [0.5, 0.6) is 5.75 Å². The van der Waals surface area contributed by atoms with Gasteiger partial charge in [-0.1, -0.05) is 24.8 Å². The van der Waals surface area contributed by atoms with Gasteiger partial charge in [-0.3, -0.25) is 4.79 Å². The number of amides is 1. The largest absolute Gasteiger partial charge is 0.508 e. The highest BCUT2D eigenvalue weighted by Crippen LogP contribution is 2.02. The summed E-state index contributed by atoms with van der Waals surface area (Å²) in [7, 11) is 0. The Morgan fingerprint density at radius 3 is 2.00 bits per heavy atom. The summed E-state index contributed by atoms with van der Waals surface area (Å²) in [6.45, 7) is 3.09. The van der Waals surface area contributed by atoms with Gasteiger partial charge >= 0.3 is 0 Å². The topological polar surface area (TPSA) is 63.3 Å². The Morgan fingerprint density at radius 1 is 1.42 bits per heavy atom. The molecule has 3 heteroatoms. The zero-order valence-electron chi connectivity index (χ0n) is 6.60. The van der Waals surface area contributed by atoms with Crippen molar-refractivity contribution in [2.24, 2.45) is 5.73 Å². The molecule has 3 nitrogen and oxygen atoms in total. The molecular weight excluding hydrogens is 154 g/mol. The Balaban J connectivity index is 0.000000217. The second kappa shape index (κ2) is 5.97. The van der Waals surface area contributed by atoms with Gasteiger partial charge in [0, 0.05) is 0 Å². The van der Waals surface area contributed by atoms with E-state index in [9.17, 15) is 4.79 Å². The molecule has 0 bridgehead atoms. The quantitative estimate of drug-likeness (QED) is 0.611. The van der Waals surface area contributed by atoms with Crippen LogP contribution in [0.2, 0.25) is 0 Å². The predicted molar refractivity (Wildman–Crippen MR) is 47.5 cm³/mol. The number of carbonyl (C=O) groups excluding carboxylic acids is 1. The second-order valence-corrected chi connectivity index (χ2v) is 1.94. The maximum Gasteiger partial charge on any atom is 0.240 e. The lowest BCUT2D eigenvalue weighted by Gasteiger charge is -1.82. The lowest BCUT2D eigenvalue weighted by Crippen LogP contribution is -2.04. The predicted octanol–water partition coefficient (Wildman–Crippen LogP) is 1.05. The summed E-state index contributed by atoms with van der Waals surface area (Å²) >= 11 is 0. The van der Waals surface area contributed by atoms with Gasteiger partial charge in [0.15, 0.2) is 0 Å². The summed E-state index contributed by atoms with van der Waals surface area (Å²) in [5, 5.41) is 8.63. The molecule has 1 aromatic rings. The molecule has 0 aliphatic rings. The van der Waals surface area contributed by atoms with Gasteiger partial charge in [0.1, 0.15) is 5.75 Å². The molecule has 0 unspecified atom stereocenters. The van der Waals surface area contributed by atoms with Crippen molar-refractivity contribution >= 4 is 5.91 Å². The average molecular weight is 165 g/mol. The van der Waals surface area contributed by atoms with Crippen LogP contribution in [-0.2, 0) is 4.79 Å². The molecule has 1 aromatic carbocycles. The third-order valence-electron chi connectivity index (χ3n) is 0.957. The van der Waals surface area contributed by atoms with Gasteiger partial charge < -0.3 is 10.8 Å². The number of hydrogen-bond acceptors (Lipinski definition) is 2. The fourth-order valence-corrected chi connectivity index (χ4v) is 0.428. The number of aromatic hydroxyl groups is 1. The van der Waals surface area contributed by atoms with Gasteiger partial charge in [0.25, 0.3) is 0 Å². The number of hydrogen-bond donors (Lipinski definition) is 2. The highest BCUT2D eigenvalue weighted by atomic mass is 16.3. The van der Waals surface area contributed by atoms with Gasteiger partial charge in [-0.05, 0) is 18.2 Å². The van der Waals surface area contributed by atoms with Crippen molar-refractivity contribution in [1.29, 1.82) is 0 Å². The zero-order chi connectivity index (χ0) is 9.40. The maximum absolute atomic E-state index is 9.47. The first-order chi connectivity index (χ1) is 5.66. The summed E-state index contributed by atoms with van der Waals surface area (Å²) in [5.74, 6) is -0.160. The minimum absolute atomic E-state index is 0.322. The number of phenols is 1. The normalized spacial score (nSPS) is 7.67. The van der Waals surface area contributed by atoms with Crippen molar-refractivity contribution in [1.82, 2.24) is 0 Å². The van der Waals surface area contributed by atoms with E-state index in [0.717, 1.165) is 6.08 Å². The zero-order valence-corrected chi connectivity index (χ0v) is 6.60. The molecule has 0 spiro atoms. The van der Waals surface area contributed by atoms with E-state index >= 15 is 0 Å². The first-order valence-electron chi connectivity index (χ1n) is 3.32. The Labute approximate surface area is 71.1 Å². The smallest absolute Gasteiger partial charge is 0.240 e. The van der Waals surface area contributed by atoms with Crippen LogP contribution >= 0.6 is 0 Å². The molecular formula is C9H11NO2. The van der Waals surface area contributed by atoms with Gasteiger partial charge in [-0.2, -0.15) is 0 Å². The molecule has 1 rings (SSSR count). The molecule has 0 radical (unpaired) electrons. The molecule has 0 aromatic heterocycles. The molecule has 12 heavy (non-hydrogen) atoms. The van der Waals surface area contributed by atoms with E-state index < -0.39 is 5.91 Å². The minimum atomic E-state index is -0.481. The molecule has 3 N–H and O–H groups in total. The van der Waals surface area contributed by atoms with Crippen LogP contribution in [0.15, 0.2) is 43.0 Å². The van der Waals surface area contributed by atoms with E-state index in [4.69, 9.17) is 5.11 Å². The number of nitrogens with two attached hydrogens (primary N) is 1. The molecule has 0 aliphatic heterocycles. The molecule has 0 aliphatic carbocycles. The Morgan fingerprint density at radius 2 is 1.83 bits per heavy atom. The molecule has 0 saturated carbocycles. The summed E-state index contributed by atoms with van der Waals surface area (Å²) in [6, 6.07) is 8.71. The summed E-state index contributed by atoms with van der Waals surface area (Å²) in [4.78, 5) is 9.47. The number of para-hydroxylation sites is 1. The third kappa shape index (κ3) is 6.35. The van der Waals surface area contributed by atoms with Crippen molar-refractivity contribution in [3.63, 3.8) is 0 Å². The van der Waals surface area contributed by atoms with Crippen LogP contribution in [0.3, 0.4) is 0 Å². The summed E-state index contributed by atoms with van der Waals surface area (Å²) < 4.78 is 0. The highest BCUT2D eigenvalue weighted by Gasteiger charge is 1.74. The second-order valence-electron chi connectivity index (χ2n) is 1.94. The fourth-order valence-electron chi connectivity index (χ4n) is 0.428. The van der Waals surface area contributed by atoms with Gasteiger partial charge in [-0.25, -0.2) is 0 Å². The molecule has 64 valence electrons. The molecule has 0 fully saturated rings. The van der Waals surface area contributed by atoms with Crippen molar-refractivity contribution in [3.8, 4) is 5.75 Å². The molecule has 1 amide bonds. The number of benzene rings is 1. The lowest BCUT2D eigenvalue weighted by molar-refractivity contribution is -0.113. The van der Waals surface area contributed by atoms with Crippen LogP contribution in [0.1, 0.15) is 0 Å². The van der Waals surface area contributed by atoms with Gasteiger partial charge in [0.2, 0.25) is 5.91 Å². The van der Waals surface area contributed by atoms with Crippen LogP contribution in [0, 0.1) is 0 Å². The van der Waals surface area contributed by atoms with Crippen LogP contribution in [0.4, 0.5) is 0 Å². The first-order valence-corrected chi connectivity index (χ1v) is 3.32. The minimum Gasteiger partial charge on any atom is -0.508 e. The van der Waals surface area contributed by atoms with Gasteiger partial charge in [-0.15, -0.1) is 0 Å². The highest BCUT2D eigenvalue weighted by molar-refractivity contribution is 5.84. The van der Waals surface area contributed by atoms with Crippen LogP contribution < -0.4 is 5.73 Å². The SMILES string of the molecule is C=CC(N)=O.Oc1ccccc1. The molecule has 0 heterocycles. The Hall–Kier alpha value is -1.77. The van der Waals surface area contributed by atoms with E-state index in [0.29, 0.717) is 5.75 Å².